The van der Waals surface area contributed by atoms with Crippen molar-refractivity contribution in [1.82, 2.24) is 0 Å². The average molecular weight is 296 g/mol. The fourth-order valence-electron chi connectivity index (χ4n) is 2.63. The number of anilines is 1. The Labute approximate surface area is 127 Å². The predicted molar refractivity (Wildman–Crippen MR) is 83.3 cm³/mol. The van der Waals surface area contributed by atoms with Gasteiger partial charge in [-0.3, -0.25) is 9.59 Å². The number of nitrogens with one attached hydrogen (secondary N) is 1. The first kappa shape index (κ1) is 14.3. The Morgan fingerprint density at radius 2 is 1.64 bits per heavy atom. The number of hydrogen-bond donors (Lipinski definition) is 3. The molecule has 0 fully saturated rings. The minimum Gasteiger partial charge on any atom is -0.507 e. The summed E-state index contributed by atoms with van der Waals surface area (Å²) in [6, 6.07) is 9.59. The van der Waals surface area contributed by atoms with Gasteiger partial charge in [-0.2, -0.15) is 0 Å². The maximum atomic E-state index is 12.8. The van der Waals surface area contributed by atoms with Crippen LogP contribution in [0.5, 0.6) is 5.75 Å². The lowest BCUT2D eigenvalue weighted by Gasteiger charge is -2.23. The van der Waals surface area contributed by atoms with E-state index in [4.69, 9.17) is 5.73 Å². The smallest absolute Gasteiger partial charge is 0.198 e. The molecule has 3 rings (SSSR count). The summed E-state index contributed by atoms with van der Waals surface area (Å²) < 4.78 is 0. The van der Waals surface area contributed by atoms with Crippen molar-refractivity contribution >= 4 is 17.3 Å². The van der Waals surface area contributed by atoms with Crippen LogP contribution in [0, 0.1) is 0 Å². The quantitative estimate of drug-likeness (QED) is 0.509. The lowest BCUT2D eigenvalue weighted by Crippen LogP contribution is -2.31. The molecule has 0 spiro atoms. The number of aromatic hydroxyl groups is 1. The summed E-state index contributed by atoms with van der Waals surface area (Å²) in [5.74, 6) is -0.832. The van der Waals surface area contributed by atoms with Gasteiger partial charge in [0.25, 0.3) is 0 Å². The SMILES string of the molecule is CCC(N)Nc1ccc(O)c2c1C(=O)c1ccccc1C2=O. The van der Waals surface area contributed by atoms with Gasteiger partial charge >= 0.3 is 0 Å². The Hall–Kier alpha value is -2.66. The first-order valence-electron chi connectivity index (χ1n) is 7.11. The van der Waals surface area contributed by atoms with E-state index in [0.29, 0.717) is 23.2 Å². The van der Waals surface area contributed by atoms with Gasteiger partial charge in [-0.15, -0.1) is 0 Å². The third kappa shape index (κ3) is 2.07. The molecule has 5 nitrogen and oxygen atoms in total. The van der Waals surface area contributed by atoms with Crippen molar-refractivity contribution in [2.75, 3.05) is 5.32 Å². The van der Waals surface area contributed by atoms with Gasteiger partial charge in [0, 0.05) is 16.8 Å². The van der Waals surface area contributed by atoms with Crippen LogP contribution >= 0.6 is 0 Å². The van der Waals surface area contributed by atoms with Gasteiger partial charge in [-0.25, -0.2) is 0 Å². The molecule has 0 bridgehead atoms. The molecule has 1 atom stereocenters. The highest BCUT2D eigenvalue weighted by Crippen LogP contribution is 2.37. The highest BCUT2D eigenvalue weighted by molar-refractivity contribution is 6.31. The van der Waals surface area contributed by atoms with Crippen LogP contribution in [0.1, 0.15) is 45.2 Å². The van der Waals surface area contributed by atoms with Gasteiger partial charge in [0.1, 0.15) is 5.75 Å². The maximum absolute atomic E-state index is 12.8. The minimum absolute atomic E-state index is 0.0389. The number of carbonyl (C=O) groups excluding carboxylic acids is 2. The van der Waals surface area contributed by atoms with Crippen LogP contribution in [0.15, 0.2) is 36.4 Å². The van der Waals surface area contributed by atoms with E-state index < -0.39 is 0 Å². The monoisotopic (exact) mass is 296 g/mol. The molecule has 2 aromatic rings. The van der Waals surface area contributed by atoms with Crippen LogP contribution in [-0.4, -0.2) is 22.8 Å². The normalized spacial score (nSPS) is 14.3. The third-order valence-corrected chi connectivity index (χ3v) is 3.83. The van der Waals surface area contributed by atoms with Crippen LogP contribution < -0.4 is 11.1 Å². The van der Waals surface area contributed by atoms with E-state index >= 15 is 0 Å². The molecule has 22 heavy (non-hydrogen) atoms. The Bertz CT molecular complexity index is 783. The van der Waals surface area contributed by atoms with Crippen molar-refractivity contribution in [2.45, 2.75) is 19.5 Å². The van der Waals surface area contributed by atoms with Gasteiger partial charge < -0.3 is 16.2 Å². The molecule has 0 saturated heterocycles. The van der Waals surface area contributed by atoms with Crippen molar-refractivity contribution in [3.63, 3.8) is 0 Å². The van der Waals surface area contributed by atoms with Gasteiger partial charge in [-0.05, 0) is 18.6 Å². The number of nitrogens with two attached hydrogens (primary N) is 1. The zero-order valence-electron chi connectivity index (χ0n) is 12.1. The summed E-state index contributed by atoms with van der Waals surface area (Å²) in [5, 5.41) is 13.1. The van der Waals surface area contributed by atoms with E-state index in [1.807, 2.05) is 6.92 Å². The summed E-state index contributed by atoms with van der Waals surface area (Å²) in [6.07, 6.45) is 0.322. The first-order valence-corrected chi connectivity index (χ1v) is 7.11. The molecule has 5 heteroatoms. The van der Waals surface area contributed by atoms with Crippen molar-refractivity contribution in [2.24, 2.45) is 5.73 Å². The molecule has 0 aliphatic heterocycles. The van der Waals surface area contributed by atoms with E-state index in [1.54, 1.807) is 30.3 Å². The van der Waals surface area contributed by atoms with Gasteiger partial charge in [0.15, 0.2) is 11.6 Å². The number of phenolic OH excluding ortho intramolecular Hbond substituents is 1. The fraction of sp³-hybridized carbons (Fsp3) is 0.176. The van der Waals surface area contributed by atoms with Crippen molar-refractivity contribution in [3.05, 3.63) is 58.7 Å². The Morgan fingerprint density at radius 3 is 2.23 bits per heavy atom. The topological polar surface area (TPSA) is 92.4 Å². The van der Waals surface area contributed by atoms with E-state index in [-0.39, 0.29) is 34.6 Å². The summed E-state index contributed by atoms with van der Waals surface area (Å²) in [5.41, 5.74) is 7.23. The zero-order valence-corrected chi connectivity index (χ0v) is 12.1. The number of rotatable bonds is 3. The van der Waals surface area contributed by atoms with Crippen LogP contribution in [0.4, 0.5) is 5.69 Å². The number of carbonyl (C=O) groups is 2. The molecule has 0 saturated carbocycles. The molecule has 112 valence electrons. The van der Waals surface area contributed by atoms with Crippen LogP contribution in [0.2, 0.25) is 0 Å². The lowest BCUT2D eigenvalue weighted by atomic mass is 9.82. The highest BCUT2D eigenvalue weighted by Gasteiger charge is 2.34. The van der Waals surface area contributed by atoms with Crippen molar-refractivity contribution in [3.8, 4) is 5.75 Å². The average Bonchev–Trinajstić information content (AvgIpc) is 2.54. The zero-order chi connectivity index (χ0) is 15.9. The molecule has 1 aliphatic rings. The maximum Gasteiger partial charge on any atom is 0.198 e. The molecule has 0 radical (unpaired) electrons. The molecule has 1 aliphatic carbocycles. The molecule has 4 N–H and O–H groups in total. The number of ketones is 2. The summed E-state index contributed by atoms with van der Waals surface area (Å²) in [4.78, 5) is 25.4. The Kier molecular flexibility index (Phi) is 3.42. The van der Waals surface area contributed by atoms with E-state index in [9.17, 15) is 14.7 Å². The molecule has 0 heterocycles. The van der Waals surface area contributed by atoms with Gasteiger partial charge in [0.05, 0.1) is 17.3 Å². The molecule has 0 aromatic heterocycles. The van der Waals surface area contributed by atoms with Crippen molar-refractivity contribution in [1.29, 1.82) is 0 Å². The number of phenols is 1. The van der Waals surface area contributed by atoms with Crippen LogP contribution in [-0.2, 0) is 0 Å². The molecule has 2 aromatic carbocycles. The Morgan fingerprint density at radius 1 is 1.05 bits per heavy atom. The van der Waals surface area contributed by atoms with E-state index in [1.165, 1.54) is 6.07 Å². The third-order valence-electron chi connectivity index (χ3n) is 3.83. The number of benzene rings is 2. The lowest BCUT2D eigenvalue weighted by molar-refractivity contribution is 0.0977. The summed E-state index contributed by atoms with van der Waals surface area (Å²) in [6.45, 7) is 1.91. The predicted octanol–water partition coefficient (Wildman–Crippen LogP) is 2.27. The highest BCUT2D eigenvalue weighted by atomic mass is 16.3. The molecule has 0 amide bonds. The van der Waals surface area contributed by atoms with Gasteiger partial charge in [0.2, 0.25) is 0 Å². The summed E-state index contributed by atoms with van der Waals surface area (Å²) in [7, 11) is 0. The Balaban J connectivity index is 2.23. The first-order chi connectivity index (χ1) is 10.5. The minimum atomic E-state index is -0.351. The standard InChI is InChI=1S/C17H16N2O3/c1-2-13(18)19-11-7-8-12(20)15-14(11)16(21)9-5-3-4-6-10(9)17(15)22/h3-8,13,19-20H,2,18H2,1H3. The van der Waals surface area contributed by atoms with E-state index in [2.05, 4.69) is 5.32 Å². The molecular weight excluding hydrogens is 280 g/mol. The number of hydrogen-bond acceptors (Lipinski definition) is 5. The summed E-state index contributed by atoms with van der Waals surface area (Å²) >= 11 is 0. The van der Waals surface area contributed by atoms with Gasteiger partial charge in [-0.1, -0.05) is 31.2 Å². The van der Waals surface area contributed by atoms with Crippen molar-refractivity contribution < 1.29 is 14.7 Å². The molecular formula is C17H16N2O3. The number of fused-ring (bicyclic) bond motifs is 2. The van der Waals surface area contributed by atoms with E-state index in [0.717, 1.165) is 0 Å². The van der Waals surface area contributed by atoms with Crippen LogP contribution in [0.25, 0.3) is 0 Å². The largest absolute Gasteiger partial charge is 0.507 e. The second-order valence-electron chi connectivity index (χ2n) is 5.25. The second kappa shape index (κ2) is 5.27. The van der Waals surface area contributed by atoms with Crippen LogP contribution in [0.3, 0.4) is 0 Å². The molecule has 1 unspecified atom stereocenters. The second-order valence-corrected chi connectivity index (χ2v) is 5.25. The fourth-order valence-corrected chi connectivity index (χ4v) is 2.63.